The number of nitrogens with one attached hydrogen (secondary N) is 1. The van der Waals surface area contributed by atoms with Gasteiger partial charge in [0, 0.05) is 13.1 Å². The van der Waals surface area contributed by atoms with Gasteiger partial charge in [-0.25, -0.2) is 5.01 Å². The number of aliphatic hydroxyl groups excluding tert-OH is 2. The van der Waals surface area contributed by atoms with Crippen LogP contribution in [0.2, 0.25) is 0 Å². The highest BCUT2D eigenvalue weighted by Gasteiger charge is 2.07. The van der Waals surface area contributed by atoms with E-state index >= 15 is 0 Å². The van der Waals surface area contributed by atoms with E-state index in [2.05, 4.69) is 5.43 Å². The number of hydrazine groups is 1. The molecule has 0 radical (unpaired) electrons. The van der Waals surface area contributed by atoms with Crippen LogP contribution in [-0.2, 0) is 0 Å². The van der Waals surface area contributed by atoms with E-state index in [1.165, 1.54) is 0 Å². The van der Waals surface area contributed by atoms with E-state index in [-0.39, 0.29) is 12.2 Å². The van der Waals surface area contributed by atoms with Crippen molar-refractivity contribution in [1.82, 2.24) is 10.4 Å². The molecule has 11 heavy (non-hydrogen) atoms. The minimum Gasteiger partial charge on any atom is -0.392 e. The summed E-state index contributed by atoms with van der Waals surface area (Å²) >= 11 is 0. The molecule has 0 rings (SSSR count). The van der Waals surface area contributed by atoms with Gasteiger partial charge in [-0.3, -0.25) is 5.43 Å². The average Bonchev–Trinajstić information content (AvgIpc) is 1.84. The number of hydrogen-bond acceptors (Lipinski definition) is 4. The molecule has 4 heteroatoms. The van der Waals surface area contributed by atoms with Crippen molar-refractivity contribution in [2.24, 2.45) is 0 Å². The molecule has 0 spiro atoms. The molecular weight excluding hydrogens is 144 g/mol. The van der Waals surface area contributed by atoms with Gasteiger partial charge in [-0.2, -0.15) is 0 Å². The van der Waals surface area contributed by atoms with Crippen molar-refractivity contribution in [3.8, 4) is 0 Å². The molecule has 0 saturated heterocycles. The smallest absolute Gasteiger partial charge is 0.0653 e. The van der Waals surface area contributed by atoms with Gasteiger partial charge in [-0.15, -0.1) is 0 Å². The summed E-state index contributed by atoms with van der Waals surface area (Å²) in [6, 6.07) is 0. The maximum atomic E-state index is 9.00. The van der Waals surface area contributed by atoms with E-state index < -0.39 is 0 Å². The second kappa shape index (κ2) is 5.49. The molecule has 0 aliphatic rings. The summed E-state index contributed by atoms with van der Waals surface area (Å²) in [6.07, 6.45) is -0.748. The first-order valence-electron chi connectivity index (χ1n) is 3.84. The molecule has 0 aromatic heterocycles. The Bertz CT molecular complexity index is 86.4. The molecule has 68 valence electrons. The van der Waals surface area contributed by atoms with Crippen LogP contribution in [0.25, 0.3) is 0 Å². The summed E-state index contributed by atoms with van der Waals surface area (Å²) in [4.78, 5) is 0. The minimum atomic E-state index is -0.374. The molecule has 0 aromatic rings. The van der Waals surface area contributed by atoms with Crippen LogP contribution < -0.4 is 5.43 Å². The van der Waals surface area contributed by atoms with E-state index in [1.54, 1.807) is 25.9 Å². The van der Waals surface area contributed by atoms with Gasteiger partial charge in [-0.1, -0.05) is 0 Å². The standard InChI is InChI=1S/C7H18N2O2/c1-6(10)4-9(8-3)5-7(2)11/h6-8,10-11H,4-5H2,1-3H3. The van der Waals surface area contributed by atoms with Crippen molar-refractivity contribution in [3.63, 3.8) is 0 Å². The topological polar surface area (TPSA) is 55.7 Å². The zero-order valence-corrected chi connectivity index (χ0v) is 7.41. The van der Waals surface area contributed by atoms with Gasteiger partial charge in [0.05, 0.1) is 12.2 Å². The van der Waals surface area contributed by atoms with Crippen molar-refractivity contribution < 1.29 is 10.2 Å². The fourth-order valence-electron chi connectivity index (χ4n) is 0.895. The summed E-state index contributed by atoms with van der Waals surface area (Å²) in [5.74, 6) is 0. The van der Waals surface area contributed by atoms with E-state index in [9.17, 15) is 0 Å². The lowest BCUT2D eigenvalue weighted by atomic mass is 10.3. The van der Waals surface area contributed by atoms with Crippen LogP contribution in [0, 0.1) is 0 Å². The van der Waals surface area contributed by atoms with Gasteiger partial charge < -0.3 is 10.2 Å². The van der Waals surface area contributed by atoms with Crippen molar-refractivity contribution in [2.45, 2.75) is 26.1 Å². The van der Waals surface area contributed by atoms with Crippen LogP contribution in [0.15, 0.2) is 0 Å². The van der Waals surface area contributed by atoms with Crippen LogP contribution in [-0.4, -0.2) is 47.6 Å². The molecule has 0 saturated carbocycles. The summed E-state index contributed by atoms with van der Waals surface area (Å²) in [5, 5.41) is 19.8. The Labute approximate surface area is 67.8 Å². The molecule has 0 aliphatic carbocycles. The largest absolute Gasteiger partial charge is 0.392 e. The Kier molecular flexibility index (Phi) is 5.41. The third kappa shape index (κ3) is 6.25. The third-order valence-corrected chi connectivity index (χ3v) is 1.29. The number of rotatable bonds is 5. The van der Waals surface area contributed by atoms with Crippen LogP contribution in [0.1, 0.15) is 13.8 Å². The second-order valence-corrected chi connectivity index (χ2v) is 2.83. The SMILES string of the molecule is CNN(CC(C)O)CC(C)O. The van der Waals surface area contributed by atoms with E-state index in [0.717, 1.165) is 0 Å². The van der Waals surface area contributed by atoms with E-state index in [0.29, 0.717) is 13.1 Å². The van der Waals surface area contributed by atoms with Crippen molar-refractivity contribution in [1.29, 1.82) is 0 Å². The van der Waals surface area contributed by atoms with Crippen LogP contribution in [0.3, 0.4) is 0 Å². The Hall–Kier alpha value is -0.160. The van der Waals surface area contributed by atoms with Gasteiger partial charge in [0.15, 0.2) is 0 Å². The first-order chi connectivity index (χ1) is 5.06. The van der Waals surface area contributed by atoms with Gasteiger partial charge in [-0.05, 0) is 20.9 Å². The summed E-state index contributed by atoms with van der Waals surface area (Å²) in [6.45, 7) is 4.49. The van der Waals surface area contributed by atoms with Gasteiger partial charge >= 0.3 is 0 Å². The lowest BCUT2D eigenvalue weighted by Crippen LogP contribution is -2.43. The third-order valence-electron chi connectivity index (χ3n) is 1.29. The summed E-state index contributed by atoms with van der Waals surface area (Å²) < 4.78 is 0. The van der Waals surface area contributed by atoms with Crippen LogP contribution >= 0.6 is 0 Å². The van der Waals surface area contributed by atoms with Crippen LogP contribution in [0.5, 0.6) is 0 Å². The molecule has 0 aromatic carbocycles. The van der Waals surface area contributed by atoms with Crippen molar-refractivity contribution >= 4 is 0 Å². The van der Waals surface area contributed by atoms with E-state index in [1.807, 2.05) is 0 Å². The predicted octanol–water partition coefficient (Wildman–Crippen LogP) is -0.816. The number of hydrogen-bond donors (Lipinski definition) is 3. The summed E-state index contributed by atoms with van der Waals surface area (Å²) in [5.41, 5.74) is 2.88. The van der Waals surface area contributed by atoms with Gasteiger partial charge in [0.2, 0.25) is 0 Å². The van der Waals surface area contributed by atoms with Crippen molar-refractivity contribution in [2.75, 3.05) is 20.1 Å². The van der Waals surface area contributed by atoms with Crippen LogP contribution in [0.4, 0.5) is 0 Å². The predicted molar refractivity (Wildman–Crippen MR) is 44.0 cm³/mol. The summed E-state index contributed by atoms with van der Waals surface area (Å²) in [7, 11) is 1.77. The number of nitrogens with zero attached hydrogens (tertiary/aromatic N) is 1. The molecule has 0 bridgehead atoms. The molecule has 0 amide bonds. The lowest BCUT2D eigenvalue weighted by Gasteiger charge is -2.23. The maximum absolute atomic E-state index is 9.00. The monoisotopic (exact) mass is 162 g/mol. The van der Waals surface area contributed by atoms with Crippen molar-refractivity contribution in [3.05, 3.63) is 0 Å². The molecule has 4 nitrogen and oxygen atoms in total. The molecule has 0 fully saturated rings. The normalized spacial score (nSPS) is 16.9. The average molecular weight is 162 g/mol. The molecule has 2 unspecified atom stereocenters. The number of aliphatic hydroxyl groups is 2. The fraction of sp³-hybridized carbons (Fsp3) is 1.00. The fourth-order valence-corrected chi connectivity index (χ4v) is 0.895. The maximum Gasteiger partial charge on any atom is 0.0653 e. The Morgan fingerprint density at radius 3 is 1.73 bits per heavy atom. The zero-order valence-electron chi connectivity index (χ0n) is 7.41. The molecular formula is C7H18N2O2. The molecule has 0 heterocycles. The highest BCUT2D eigenvalue weighted by Crippen LogP contribution is 1.90. The quantitative estimate of drug-likeness (QED) is 0.463. The molecule has 2 atom stereocenters. The highest BCUT2D eigenvalue weighted by atomic mass is 16.3. The molecule has 0 aliphatic heterocycles. The Morgan fingerprint density at radius 2 is 1.55 bits per heavy atom. The first-order valence-corrected chi connectivity index (χ1v) is 3.84. The minimum absolute atomic E-state index is 0.374. The highest BCUT2D eigenvalue weighted by molar-refractivity contribution is 4.58. The van der Waals surface area contributed by atoms with E-state index in [4.69, 9.17) is 10.2 Å². The zero-order chi connectivity index (χ0) is 8.85. The lowest BCUT2D eigenvalue weighted by molar-refractivity contribution is 0.0585. The Balaban J connectivity index is 3.58. The Morgan fingerprint density at radius 1 is 1.18 bits per heavy atom. The van der Waals surface area contributed by atoms with Gasteiger partial charge in [0.1, 0.15) is 0 Å². The first kappa shape index (κ1) is 10.8. The van der Waals surface area contributed by atoms with Gasteiger partial charge in [0.25, 0.3) is 0 Å². The molecule has 3 N–H and O–H groups in total. The second-order valence-electron chi connectivity index (χ2n) is 2.83.